The van der Waals surface area contributed by atoms with Crippen LogP contribution in [0.1, 0.15) is 5.82 Å². The van der Waals surface area contributed by atoms with Gasteiger partial charge in [0.2, 0.25) is 0 Å². The van der Waals surface area contributed by atoms with E-state index in [9.17, 15) is 0 Å². The van der Waals surface area contributed by atoms with Crippen LogP contribution >= 0.6 is 15.9 Å². The molecule has 3 nitrogen and oxygen atoms in total. The molecule has 1 heterocycles. The van der Waals surface area contributed by atoms with Gasteiger partial charge in [0.05, 0.1) is 5.69 Å². The molecule has 1 aromatic heterocycles. The molecule has 2 aromatic rings. The molecule has 0 aliphatic heterocycles. The Morgan fingerprint density at radius 1 is 1.41 bits per heavy atom. The highest BCUT2D eigenvalue weighted by Gasteiger charge is 2.06. The van der Waals surface area contributed by atoms with Crippen molar-refractivity contribution in [3.63, 3.8) is 0 Å². The quantitative estimate of drug-likeness (QED) is 0.939. The summed E-state index contributed by atoms with van der Waals surface area (Å²) in [7, 11) is 4.00. The lowest BCUT2D eigenvalue weighted by Crippen LogP contribution is -2.12. The number of aryl methyl sites for hydroxylation is 1. The van der Waals surface area contributed by atoms with Crippen LogP contribution in [-0.4, -0.2) is 23.1 Å². The van der Waals surface area contributed by atoms with Gasteiger partial charge in [0.25, 0.3) is 0 Å². The maximum absolute atomic E-state index is 4.66. The van der Waals surface area contributed by atoms with Crippen LogP contribution in [0.2, 0.25) is 0 Å². The number of nitrogens with one attached hydrogen (secondary N) is 1. The molecule has 0 saturated carbocycles. The summed E-state index contributed by atoms with van der Waals surface area (Å²) in [5, 5.41) is 3.14. The maximum Gasteiger partial charge on any atom is 0.110 e. The molecule has 0 unspecified atom stereocenters. The number of imidazole rings is 1. The minimum Gasteiger partial charge on any atom is -0.337 e. The van der Waals surface area contributed by atoms with Gasteiger partial charge in [-0.1, -0.05) is 28.1 Å². The largest absolute Gasteiger partial charge is 0.337 e. The molecule has 4 heteroatoms. The van der Waals surface area contributed by atoms with Crippen LogP contribution in [0.4, 0.5) is 0 Å². The van der Waals surface area contributed by atoms with E-state index in [4.69, 9.17) is 0 Å². The van der Waals surface area contributed by atoms with Crippen molar-refractivity contribution in [2.45, 2.75) is 6.42 Å². The van der Waals surface area contributed by atoms with E-state index in [1.807, 2.05) is 26.2 Å². The van der Waals surface area contributed by atoms with Crippen molar-refractivity contribution in [1.29, 1.82) is 0 Å². The van der Waals surface area contributed by atoms with Gasteiger partial charge in [0, 0.05) is 36.2 Å². The van der Waals surface area contributed by atoms with Crippen LogP contribution < -0.4 is 5.32 Å². The van der Waals surface area contributed by atoms with Crippen LogP contribution in [0.3, 0.4) is 0 Å². The van der Waals surface area contributed by atoms with E-state index < -0.39 is 0 Å². The van der Waals surface area contributed by atoms with E-state index in [0.29, 0.717) is 0 Å². The van der Waals surface area contributed by atoms with E-state index >= 15 is 0 Å². The number of aromatic nitrogens is 2. The van der Waals surface area contributed by atoms with Crippen molar-refractivity contribution in [1.82, 2.24) is 14.9 Å². The normalized spacial score (nSPS) is 10.8. The van der Waals surface area contributed by atoms with Gasteiger partial charge in [0.1, 0.15) is 5.82 Å². The first-order valence-electron chi connectivity index (χ1n) is 5.63. The zero-order valence-corrected chi connectivity index (χ0v) is 11.7. The van der Waals surface area contributed by atoms with Crippen LogP contribution in [0.15, 0.2) is 34.9 Å². The summed E-state index contributed by atoms with van der Waals surface area (Å²) in [5.41, 5.74) is 2.17. The number of rotatable bonds is 4. The summed E-state index contributed by atoms with van der Waals surface area (Å²) in [4.78, 5) is 4.66. The summed E-state index contributed by atoms with van der Waals surface area (Å²) in [6, 6.07) is 8.22. The Morgan fingerprint density at radius 2 is 2.24 bits per heavy atom. The van der Waals surface area contributed by atoms with Crippen LogP contribution in [0, 0.1) is 0 Å². The van der Waals surface area contributed by atoms with Crippen molar-refractivity contribution in [2.75, 3.05) is 13.6 Å². The molecule has 17 heavy (non-hydrogen) atoms. The smallest absolute Gasteiger partial charge is 0.110 e. The summed E-state index contributed by atoms with van der Waals surface area (Å²) in [5.74, 6) is 1.11. The van der Waals surface area contributed by atoms with Crippen molar-refractivity contribution in [3.8, 4) is 11.3 Å². The first-order chi connectivity index (χ1) is 8.20. The lowest BCUT2D eigenvalue weighted by atomic mass is 10.2. The maximum atomic E-state index is 4.66. The van der Waals surface area contributed by atoms with E-state index in [-0.39, 0.29) is 0 Å². The highest BCUT2D eigenvalue weighted by atomic mass is 79.9. The Hall–Kier alpha value is -1.13. The molecular weight excluding hydrogens is 278 g/mol. The summed E-state index contributed by atoms with van der Waals surface area (Å²) in [6.45, 7) is 0.947. The Bertz CT molecular complexity index is 505. The van der Waals surface area contributed by atoms with Gasteiger partial charge in [-0.25, -0.2) is 4.98 Å². The molecular formula is C13H16BrN3. The van der Waals surface area contributed by atoms with Gasteiger partial charge in [-0.05, 0) is 19.2 Å². The Balaban J connectivity index is 2.28. The second-order valence-corrected chi connectivity index (χ2v) is 4.93. The predicted molar refractivity (Wildman–Crippen MR) is 74.0 cm³/mol. The Labute approximate surface area is 110 Å². The monoisotopic (exact) mass is 293 g/mol. The van der Waals surface area contributed by atoms with E-state index in [1.54, 1.807) is 0 Å². The molecule has 0 bridgehead atoms. The Kier molecular flexibility index (Phi) is 3.97. The van der Waals surface area contributed by atoms with Crippen molar-refractivity contribution in [3.05, 3.63) is 40.8 Å². The van der Waals surface area contributed by atoms with Crippen molar-refractivity contribution >= 4 is 15.9 Å². The van der Waals surface area contributed by atoms with E-state index in [2.05, 4.69) is 49.1 Å². The third-order valence-electron chi connectivity index (χ3n) is 2.69. The fourth-order valence-corrected chi connectivity index (χ4v) is 2.16. The summed E-state index contributed by atoms with van der Waals surface area (Å²) >= 11 is 3.48. The van der Waals surface area contributed by atoms with E-state index in [1.165, 1.54) is 0 Å². The zero-order valence-electron chi connectivity index (χ0n) is 10.1. The van der Waals surface area contributed by atoms with Crippen molar-refractivity contribution in [2.24, 2.45) is 7.05 Å². The van der Waals surface area contributed by atoms with E-state index in [0.717, 1.165) is 34.5 Å². The van der Waals surface area contributed by atoms with Crippen LogP contribution in [0.5, 0.6) is 0 Å². The number of benzene rings is 1. The molecule has 90 valence electrons. The van der Waals surface area contributed by atoms with Crippen molar-refractivity contribution < 1.29 is 0 Å². The molecule has 0 fully saturated rings. The Morgan fingerprint density at radius 3 is 2.94 bits per heavy atom. The topological polar surface area (TPSA) is 29.9 Å². The molecule has 1 aromatic carbocycles. The predicted octanol–water partition coefficient (Wildman–Crippen LogP) is 2.61. The second-order valence-electron chi connectivity index (χ2n) is 4.02. The highest BCUT2D eigenvalue weighted by Crippen LogP contribution is 2.22. The molecule has 1 N–H and O–H groups in total. The lowest BCUT2D eigenvalue weighted by Gasteiger charge is -1.99. The molecule has 0 saturated heterocycles. The molecule has 0 amide bonds. The lowest BCUT2D eigenvalue weighted by molar-refractivity contribution is 0.718. The number of likely N-dealkylation sites (N-methyl/N-ethyl adjacent to an activating group) is 1. The minimum atomic E-state index is 0.945. The number of halogens is 1. The first kappa shape index (κ1) is 12.3. The number of hydrogen-bond donors (Lipinski definition) is 1. The molecule has 2 rings (SSSR count). The molecule has 0 radical (unpaired) electrons. The standard InChI is InChI=1S/C13H16BrN3/c1-15-7-6-13-16-12(9-17(13)2)10-4-3-5-11(14)8-10/h3-5,8-9,15H,6-7H2,1-2H3. The SMILES string of the molecule is CNCCc1nc(-c2cccc(Br)c2)cn1C. The van der Waals surface area contributed by atoms with Crippen LogP contribution in [0.25, 0.3) is 11.3 Å². The fraction of sp³-hybridized carbons (Fsp3) is 0.308. The summed E-state index contributed by atoms with van der Waals surface area (Å²) < 4.78 is 3.17. The highest BCUT2D eigenvalue weighted by molar-refractivity contribution is 9.10. The van der Waals surface area contributed by atoms with Gasteiger partial charge in [-0.2, -0.15) is 0 Å². The fourth-order valence-electron chi connectivity index (χ4n) is 1.76. The number of hydrogen-bond acceptors (Lipinski definition) is 2. The molecule has 0 spiro atoms. The van der Waals surface area contributed by atoms with Gasteiger partial charge >= 0.3 is 0 Å². The molecule has 0 aliphatic carbocycles. The molecule has 0 aliphatic rings. The van der Waals surface area contributed by atoms with Gasteiger partial charge in [-0.15, -0.1) is 0 Å². The van der Waals surface area contributed by atoms with Gasteiger partial charge in [0.15, 0.2) is 0 Å². The average Bonchev–Trinajstić information content (AvgIpc) is 2.68. The number of nitrogens with zero attached hydrogens (tertiary/aromatic N) is 2. The second kappa shape index (κ2) is 5.47. The first-order valence-corrected chi connectivity index (χ1v) is 6.43. The third kappa shape index (κ3) is 2.96. The van der Waals surface area contributed by atoms with Gasteiger partial charge < -0.3 is 9.88 Å². The molecule has 0 atom stereocenters. The summed E-state index contributed by atoms with van der Waals surface area (Å²) in [6.07, 6.45) is 3.02. The van der Waals surface area contributed by atoms with Crippen LogP contribution in [-0.2, 0) is 13.5 Å². The van der Waals surface area contributed by atoms with Gasteiger partial charge in [-0.3, -0.25) is 0 Å². The third-order valence-corrected chi connectivity index (χ3v) is 3.18. The average molecular weight is 294 g/mol. The minimum absolute atomic E-state index is 0.945. The zero-order chi connectivity index (χ0) is 12.3.